The first-order valence-corrected chi connectivity index (χ1v) is 7.59. The molecule has 0 radical (unpaired) electrons. The first-order valence-electron chi connectivity index (χ1n) is 7.59. The Balaban J connectivity index is 1.88. The van der Waals surface area contributed by atoms with Gasteiger partial charge in [-0.2, -0.15) is 0 Å². The number of carbonyl (C=O) groups excluding carboxylic acids is 1. The van der Waals surface area contributed by atoms with Crippen molar-refractivity contribution in [2.24, 2.45) is 5.16 Å². The lowest BCUT2D eigenvalue weighted by Gasteiger charge is -2.15. The molecule has 0 atom stereocenters. The number of hydrogen-bond acceptors (Lipinski definition) is 4. The highest BCUT2D eigenvalue weighted by atomic mass is 19.1. The second kappa shape index (κ2) is 6.74. The number of aromatic amines is 1. The smallest absolute Gasteiger partial charge is 0.257 e. The zero-order valence-electron chi connectivity index (χ0n) is 13.5. The number of anilines is 1. The molecule has 0 saturated heterocycles. The summed E-state index contributed by atoms with van der Waals surface area (Å²) < 4.78 is 18.6. The van der Waals surface area contributed by atoms with Crippen LogP contribution < -0.4 is 10.1 Å². The number of carbonyl (C=O) groups is 1. The molecule has 2 aromatic rings. The van der Waals surface area contributed by atoms with Crippen LogP contribution in [0.25, 0.3) is 0 Å². The van der Waals surface area contributed by atoms with E-state index in [0.29, 0.717) is 11.3 Å². The quantitative estimate of drug-likeness (QED) is 0.845. The lowest BCUT2D eigenvalue weighted by Crippen LogP contribution is -2.18. The summed E-state index contributed by atoms with van der Waals surface area (Å²) in [6, 6.07) is 4.28. The number of ether oxygens (including phenoxy) is 1. The van der Waals surface area contributed by atoms with Gasteiger partial charge in [-0.3, -0.25) is 4.79 Å². The number of fused-ring (bicyclic) bond motifs is 1. The largest absolute Gasteiger partial charge is 0.494 e. The van der Waals surface area contributed by atoms with E-state index >= 15 is 0 Å². The fourth-order valence-corrected chi connectivity index (χ4v) is 2.87. The molecule has 3 rings (SSSR count). The van der Waals surface area contributed by atoms with E-state index in [1.807, 2.05) is 0 Å². The van der Waals surface area contributed by atoms with Crippen molar-refractivity contribution in [3.05, 3.63) is 47.0 Å². The maximum atomic E-state index is 13.8. The Morgan fingerprint density at radius 1 is 1.33 bits per heavy atom. The Bertz CT molecular complexity index is 798. The lowest BCUT2D eigenvalue weighted by atomic mass is 9.93. The number of nitrogens with one attached hydrogen (secondary N) is 2. The number of hydrogen-bond donors (Lipinski definition) is 2. The molecule has 24 heavy (non-hydrogen) atoms. The number of oxime groups is 1. The SMILES string of the molecule is CO/N=C1\CCCc2[nH]cc(C(=O)Nc3ccc(OC)c(F)c3)c21. The molecule has 0 saturated carbocycles. The third-order valence-electron chi connectivity index (χ3n) is 3.95. The van der Waals surface area contributed by atoms with Crippen LogP contribution in [0.4, 0.5) is 10.1 Å². The molecule has 1 aliphatic rings. The highest BCUT2D eigenvalue weighted by Crippen LogP contribution is 2.26. The third kappa shape index (κ3) is 2.97. The molecule has 126 valence electrons. The van der Waals surface area contributed by atoms with Crippen LogP contribution in [0.5, 0.6) is 5.75 Å². The number of H-pyrrole nitrogens is 1. The summed E-state index contributed by atoms with van der Waals surface area (Å²) in [5.41, 5.74) is 3.30. The molecule has 1 heterocycles. The first kappa shape index (κ1) is 16.0. The van der Waals surface area contributed by atoms with Crippen LogP contribution in [-0.4, -0.2) is 30.8 Å². The molecule has 1 aromatic heterocycles. The van der Waals surface area contributed by atoms with Crippen LogP contribution in [0.15, 0.2) is 29.6 Å². The summed E-state index contributed by atoms with van der Waals surface area (Å²) in [4.78, 5) is 20.6. The summed E-state index contributed by atoms with van der Waals surface area (Å²) in [6.07, 6.45) is 4.19. The minimum absolute atomic E-state index is 0.126. The Labute approximate surface area is 138 Å². The highest BCUT2D eigenvalue weighted by Gasteiger charge is 2.25. The van der Waals surface area contributed by atoms with Gasteiger partial charge in [0.15, 0.2) is 11.6 Å². The standard InChI is InChI=1S/C17H18FN3O3/c1-23-15-7-6-10(8-12(15)18)20-17(22)11-9-19-13-4-3-5-14(16(11)13)21-24-2/h6-9,19H,3-5H2,1-2H3,(H,20,22)/b21-14+. The number of methoxy groups -OCH3 is 1. The second-order valence-corrected chi connectivity index (χ2v) is 5.43. The van der Waals surface area contributed by atoms with Crippen molar-refractivity contribution in [2.75, 3.05) is 19.5 Å². The molecule has 1 aromatic carbocycles. The van der Waals surface area contributed by atoms with Crippen LogP contribution in [0.3, 0.4) is 0 Å². The van der Waals surface area contributed by atoms with Crippen LogP contribution in [-0.2, 0) is 11.3 Å². The summed E-state index contributed by atoms with van der Waals surface area (Å²) in [7, 11) is 2.87. The first-order chi connectivity index (χ1) is 11.6. The maximum absolute atomic E-state index is 13.8. The molecule has 0 spiro atoms. The van der Waals surface area contributed by atoms with Crippen molar-refractivity contribution in [1.29, 1.82) is 0 Å². The van der Waals surface area contributed by atoms with Crippen LogP contribution in [0.1, 0.15) is 34.5 Å². The normalized spacial score (nSPS) is 15.0. The molecule has 0 unspecified atom stereocenters. The summed E-state index contributed by atoms with van der Waals surface area (Å²) in [6.45, 7) is 0. The Hall–Kier alpha value is -2.83. The number of amides is 1. The van der Waals surface area contributed by atoms with Crippen molar-refractivity contribution in [1.82, 2.24) is 4.98 Å². The molecule has 6 nitrogen and oxygen atoms in total. The van der Waals surface area contributed by atoms with Gasteiger partial charge in [0.05, 0.1) is 18.4 Å². The van der Waals surface area contributed by atoms with E-state index in [9.17, 15) is 9.18 Å². The summed E-state index contributed by atoms with van der Waals surface area (Å²) >= 11 is 0. The third-order valence-corrected chi connectivity index (χ3v) is 3.95. The number of rotatable bonds is 4. The van der Waals surface area contributed by atoms with Gasteiger partial charge >= 0.3 is 0 Å². The van der Waals surface area contributed by atoms with Gasteiger partial charge in [-0.1, -0.05) is 5.16 Å². The predicted molar refractivity (Wildman–Crippen MR) is 88.2 cm³/mol. The molecule has 0 bridgehead atoms. The zero-order chi connectivity index (χ0) is 17.1. The summed E-state index contributed by atoms with van der Waals surface area (Å²) in [5.74, 6) is -0.739. The monoisotopic (exact) mass is 331 g/mol. The number of nitrogens with zero attached hydrogens (tertiary/aromatic N) is 1. The van der Waals surface area contributed by atoms with Crippen molar-refractivity contribution in [3.8, 4) is 5.75 Å². The molecular formula is C17H18FN3O3. The molecule has 1 aliphatic carbocycles. The van der Waals surface area contributed by atoms with Crippen molar-refractivity contribution in [3.63, 3.8) is 0 Å². The average Bonchev–Trinajstić information content (AvgIpc) is 3.00. The van der Waals surface area contributed by atoms with Gasteiger partial charge < -0.3 is 19.9 Å². The Morgan fingerprint density at radius 2 is 2.17 bits per heavy atom. The minimum Gasteiger partial charge on any atom is -0.494 e. The average molecular weight is 331 g/mol. The molecular weight excluding hydrogens is 313 g/mol. The predicted octanol–water partition coefficient (Wildman–Crippen LogP) is 3.10. The molecule has 0 fully saturated rings. The van der Waals surface area contributed by atoms with E-state index in [0.717, 1.165) is 36.2 Å². The minimum atomic E-state index is -0.534. The lowest BCUT2D eigenvalue weighted by molar-refractivity contribution is 0.102. The van der Waals surface area contributed by atoms with E-state index in [-0.39, 0.29) is 11.7 Å². The zero-order valence-corrected chi connectivity index (χ0v) is 13.5. The number of halogens is 1. The van der Waals surface area contributed by atoms with Crippen molar-refractivity contribution < 1.29 is 18.8 Å². The van der Waals surface area contributed by atoms with E-state index < -0.39 is 5.82 Å². The van der Waals surface area contributed by atoms with E-state index in [2.05, 4.69) is 15.5 Å². The molecule has 0 aliphatic heterocycles. The van der Waals surface area contributed by atoms with Crippen molar-refractivity contribution >= 4 is 17.3 Å². The Morgan fingerprint density at radius 3 is 2.88 bits per heavy atom. The van der Waals surface area contributed by atoms with Gasteiger partial charge in [0.1, 0.15) is 7.11 Å². The number of aryl methyl sites for hydroxylation is 1. The molecule has 2 N–H and O–H groups in total. The molecule has 7 heteroatoms. The van der Waals surface area contributed by atoms with Crippen molar-refractivity contribution in [2.45, 2.75) is 19.3 Å². The maximum Gasteiger partial charge on any atom is 0.257 e. The van der Waals surface area contributed by atoms with Gasteiger partial charge in [-0.15, -0.1) is 0 Å². The van der Waals surface area contributed by atoms with Crippen LogP contribution >= 0.6 is 0 Å². The van der Waals surface area contributed by atoms with Crippen LogP contribution in [0.2, 0.25) is 0 Å². The highest BCUT2D eigenvalue weighted by molar-refractivity contribution is 6.15. The van der Waals surface area contributed by atoms with Gasteiger partial charge in [0.25, 0.3) is 5.91 Å². The molecule has 1 amide bonds. The van der Waals surface area contributed by atoms with E-state index in [4.69, 9.17) is 9.57 Å². The van der Waals surface area contributed by atoms with Gasteiger partial charge in [-0.05, 0) is 31.4 Å². The van der Waals surface area contributed by atoms with Gasteiger partial charge in [0.2, 0.25) is 0 Å². The number of aromatic nitrogens is 1. The summed E-state index contributed by atoms with van der Waals surface area (Å²) in [5, 5.41) is 6.72. The fraction of sp³-hybridized carbons (Fsp3) is 0.294. The second-order valence-electron chi connectivity index (χ2n) is 5.43. The van der Waals surface area contributed by atoms with E-state index in [1.54, 1.807) is 12.3 Å². The van der Waals surface area contributed by atoms with Crippen LogP contribution in [0, 0.1) is 5.82 Å². The van der Waals surface area contributed by atoms with E-state index in [1.165, 1.54) is 26.4 Å². The fourth-order valence-electron chi connectivity index (χ4n) is 2.87. The Kier molecular flexibility index (Phi) is 4.50. The van der Waals surface area contributed by atoms with Gasteiger partial charge in [-0.25, -0.2) is 4.39 Å². The number of benzene rings is 1. The topological polar surface area (TPSA) is 75.7 Å². The van der Waals surface area contributed by atoms with Gasteiger partial charge in [0, 0.05) is 29.2 Å².